The molecule has 2 aromatic carbocycles. The van der Waals surface area contributed by atoms with Gasteiger partial charge in [-0.2, -0.15) is 0 Å². The first-order valence-electron chi connectivity index (χ1n) is 9.38. The number of ether oxygens (including phenoxy) is 1. The van der Waals surface area contributed by atoms with Crippen LogP contribution in [0.3, 0.4) is 0 Å². The van der Waals surface area contributed by atoms with Crippen LogP contribution in [0, 0.1) is 0 Å². The van der Waals surface area contributed by atoms with Crippen LogP contribution in [-0.2, 0) is 19.1 Å². The summed E-state index contributed by atoms with van der Waals surface area (Å²) in [6.07, 6.45) is -1.03. The molecule has 0 saturated carbocycles. The highest BCUT2D eigenvalue weighted by Crippen LogP contribution is 2.37. The number of hydrogen-bond acceptors (Lipinski definition) is 5. The predicted octanol–water partition coefficient (Wildman–Crippen LogP) is 3.86. The zero-order chi connectivity index (χ0) is 21.2. The average Bonchev–Trinajstić information content (AvgIpc) is 2.69. The van der Waals surface area contributed by atoms with Crippen molar-refractivity contribution in [3.05, 3.63) is 54.6 Å². The zero-order valence-corrected chi connectivity index (χ0v) is 17.7. The molecule has 0 aliphatic carbocycles. The van der Waals surface area contributed by atoms with Gasteiger partial charge in [-0.15, -0.1) is 11.8 Å². The van der Waals surface area contributed by atoms with Gasteiger partial charge in [0.2, 0.25) is 5.91 Å². The number of hydrogen-bond donors (Lipinski definition) is 1. The maximum atomic E-state index is 13.2. The summed E-state index contributed by atoms with van der Waals surface area (Å²) >= 11 is 1.37. The van der Waals surface area contributed by atoms with E-state index >= 15 is 0 Å². The second kappa shape index (κ2) is 8.29. The summed E-state index contributed by atoms with van der Waals surface area (Å²) in [5, 5.41) is 2.34. The standard InChI is InChI=1S/C22H24N2O4S/c1-14(28-20(26)15(2)29-16-10-6-5-7-11-16)19(25)24-18-13-9-8-12-17(18)23-21(27)22(24,3)4/h5-15H,1-4H3,(H,23,27)/t14-,15+/m0/s1. The normalized spacial score (nSPS) is 17.0. The minimum Gasteiger partial charge on any atom is -0.452 e. The fourth-order valence-corrected chi connectivity index (χ4v) is 3.97. The molecule has 1 aliphatic heterocycles. The van der Waals surface area contributed by atoms with E-state index in [-0.39, 0.29) is 5.91 Å². The van der Waals surface area contributed by atoms with Crippen LogP contribution >= 0.6 is 11.8 Å². The Morgan fingerprint density at radius 2 is 1.66 bits per heavy atom. The van der Waals surface area contributed by atoms with Crippen molar-refractivity contribution >= 4 is 40.9 Å². The van der Waals surface area contributed by atoms with Gasteiger partial charge in [0.05, 0.1) is 11.4 Å². The van der Waals surface area contributed by atoms with Crippen molar-refractivity contribution < 1.29 is 19.1 Å². The molecule has 2 amide bonds. The lowest BCUT2D eigenvalue weighted by Crippen LogP contribution is -2.60. The summed E-state index contributed by atoms with van der Waals surface area (Å²) in [5.41, 5.74) is 0.0182. The van der Waals surface area contributed by atoms with Crippen molar-refractivity contribution in [3.8, 4) is 0 Å². The number of benzene rings is 2. The second-order valence-electron chi connectivity index (χ2n) is 7.36. The topological polar surface area (TPSA) is 75.7 Å². The van der Waals surface area contributed by atoms with Gasteiger partial charge in [-0.1, -0.05) is 30.3 Å². The Bertz CT molecular complexity index is 929. The number of carbonyl (C=O) groups is 3. The second-order valence-corrected chi connectivity index (χ2v) is 8.77. The molecule has 2 atom stereocenters. The number of nitrogens with one attached hydrogen (secondary N) is 1. The van der Waals surface area contributed by atoms with E-state index in [2.05, 4.69) is 5.32 Å². The largest absolute Gasteiger partial charge is 0.452 e. The smallest absolute Gasteiger partial charge is 0.319 e. The van der Waals surface area contributed by atoms with Crippen molar-refractivity contribution in [1.82, 2.24) is 0 Å². The number of rotatable bonds is 5. The first-order chi connectivity index (χ1) is 13.7. The third kappa shape index (κ3) is 4.29. The van der Waals surface area contributed by atoms with Crippen LogP contribution < -0.4 is 10.2 Å². The first-order valence-corrected chi connectivity index (χ1v) is 10.3. The molecular weight excluding hydrogens is 388 g/mol. The SMILES string of the molecule is C[C@H](OC(=O)[C@@H](C)Sc1ccccc1)C(=O)N1c2ccccc2NC(=O)C1(C)C. The maximum Gasteiger partial charge on any atom is 0.319 e. The zero-order valence-electron chi connectivity index (χ0n) is 16.8. The Morgan fingerprint density at radius 3 is 2.34 bits per heavy atom. The lowest BCUT2D eigenvalue weighted by atomic mass is 9.95. The Morgan fingerprint density at radius 1 is 1.03 bits per heavy atom. The molecule has 0 bridgehead atoms. The van der Waals surface area contributed by atoms with E-state index in [1.54, 1.807) is 45.0 Å². The summed E-state index contributed by atoms with van der Waals surface area (Å²) in [6, 6.07) is 16.6. The van der Waals surface area contributed by atoms with Gasteiger partial charge in [0.15, 0.2) is 6.10 Å². The van der Waals surface area contributed by atoms with E-state index in [4.69, 9.17) is 4.74 Å². The molecule has 29 heavy (non-hydrogen) atoms. The van der Waals surface area contributed by atoms with Crippen LogP contribution in [0.4, 0.5) is 11.4 Å². The molecule has 152 valence electrons. The van der Waals surface area contributed by atoms with Crippen molar-refractivity contribution in [1.29, 1.82) is 0 Å². The molecule has 0 aromatic heterocycles. The minimum absolute atomic E-state index is 0.295. The van der Waals surface area contributed by atoms with E-state index in [9.17, 15) is 14.4 Å². The number of amides is 2. The summed E-state index contributed by atoms with van der Waals surface area (Å²) in [6.45, 7) is 6.60. The molecule has 1 heterocycles. The molecule has 6 nitrogen and oxygen atoms in total. The molecular formula is C22H24N2O4S. The molecule has 0 radical (unpaired) electrons. The molecule has 7 heteroatoms. The Labute approximate surface area is 174 Å². The highest BCUT2D eigenvalue weighted by atomic mass is 32.2. The van der Waals surface area contributed by atoms with Crippen LogP contribution in [-0.4, -0.2) is 34.7 Å². The van der Waals surface area contributed by atoms with Crippen LogP contribution in [0.2, 0.25) is 0 Å². The average molecular weight is 413 g/mol. The number of fused-ring (bicyclic) bond motifs is 1. The van der Waals surface area contributed by atoms with E-state index in [1.807, 2.05) is 30.3 Å². The van der Waals surface area contributed by atoms with Crippen LogP contribution in [0.1, 0.15) is 27.7 Å². The number of anilines is 2. The summed E-state index contributed by atoms with van der Waals surface area (Å²) < 4.78 is 5.46. The van der Waals surface area contributed by atoms with Crippen LogP contribution in [0.25, 0.3) is 0 Å². The van der Waals surface area contributed by atoms with Gasteiger partial charge in [0.25, 0.3) is 5.91 Å². The molecule has 0 saturated heterocycles. The molecule has 1 aliphatic rings. The lowest BCUT2D eigenvalue weighted by Gasteiger charge is -2.42. The number of para-hydroxylation sites is 2. The van der Waals surface area contributed by atoms with Crippen molar-refractivity contribution in [2.24, 2.45) is 0 Å². The highest BCUT2D eigenvalue weighted by molar-refractivity contribution is 8.00. The third-order valence-corrected chi connectivity index (χ3v) is 5.85. The van der Waals surface area contributed by atoms with Crippen LogP contribution in [0.5, 0.6) is 0 Å². The van der Waals surface area contributed by atoms with Gasteiger partial charge in [0, 0.05) is 4.90 Å². The van der Waals surface area contributed by atoms with E-state index in [0.717, 1.165) is 4.90 Å². The maximum absolute atomic E-state index is 13.2. The van der Waals surface area contributed by atoms with Gasteiger partial charge < -0.3 is 10.1 Å². The third-order valence-electron chi connectivity index (χ3n) is 4.76. The van der Waals surface area contributed by atoms with Crippen molar-refractivity contribution in [3.63, 3.8) is 0 Å². The van der Waals surface area contributed by atoms with E-state index < -0.39 is 28.8 Å². The molecule has 0 unspecified atom stereocenters. The van der Waals surface area contributed by atoms with Crippen molar-refractivity contribution in [2.75, 3.05) is 10.2 Å². The van der Waals surface area contributed by atoms with Crippen LogP contribution in [0.15, 0.2) is 59.5 Å². The van der Waals surface area contributed by atoms with Gasteiger partial charge in [0.1, 0.15) is 10.8 Å². The highest BCUT2D eigenvalue weighted by Gasteiger charge is 2.45. The van der Waals surface area contributed by atoms with Gasteiger partial charge in [-0.3, -0.25) is 19.3 Å². The predicted molar refractivity (Wildman–Crippen MR) is 114 cm³/mol. The quantitative estimate of drug-likeness (QED) is 0.596. The Kier molecular flexibility index (Phi) is 5.98. The molecule has 0 fully saturated rings. The van der Waals surface area contributed by atoms with Gasteiger partial charge >= 0.3 is 5.97 Å². The monoisotopic (exact) mass is 412 g/mol. The number of esters is 1. The number of carbonyl (C=O) groups excluding carboxylic acids is 3. The number of nitrogens with zero attached hydrogens (tertiary/aromatic N) is 1. The van der Waals surface area contributed by atoms with Gasteiger partial charge in [-0.05, 0) is 52.0 Å². The van der Waals surface area contributed by atoms with E-state index in [1.165, 1.54) is 23.6 Å². The molecule has 0 spiro atoms. The van der Waals surface area contributed by atoms with E-state index in [0.29, 0.717) is 11.4 Å². The summed E-state index contributed by atoms with van der Waals surface area (Å²) in [5.74, 6) is -1.22. The van der Waals surface area contributed by atoms with Gasteiger partial charge in [-0.25, -0.2) is 0 Å². The molecule has 3 rings (SSSR count). The number of thioether (sulfide) groups is 1. The Balaban J connectivity index is 1.75. The molecule has 1 N–H and O–H groups in total. The minimum atomic E-state index is -1.11. The fraction of sp³-hybridized carbons (Fsp3) is 0.318. The van der Waals surface area contributed by atoms with Crippen molar-refractivity contribution in [2.45, 2.75) is 49.5 Å². The lowest BCUT2D eigenvalue weighted by molar-refractivity contribution is -0.153. The first kappa shape index (κ1) is 20.9. The molecule has 2 aromatic rings. The summed E-state index contributed by atoms with van der Waals surface area (Å²) in [7, 11) is 0. The summed E-state index contributed by atoms with van der Waals surface area (Å²) in [4.78, 5) is 40.6. The Hall–Kier alpha value is -2.80. The fourth-order valence-electron chi connectivity index (χ4n) is 3.10.